The fourth-order valence-electron chi connectivity index (χ4n) is 2.14. The van der Waals surface area contributed by atoms with E-state index in [1.807, 2.05) is 38.1 Å². The molecule has 0 radical (unpaired) electrons. The lowest BCUT2D eigenvalue weighted by Crippen LogP contribution is -2.19. The maximum Gasteiger partial charge on any atom is 0.362 e. The van der Waals surface area contributed by atoms with Gasteiger partial charge in [-0.3, -0.25) is 9.13 Å². The maximum absolute atomic E-state index is 11.4. The molecule has 0 bridgehead atoms. The normalized spacial score (nSPS) is 13.7. The van der Waals surface area contributed by atoms with Crippen LogP contribution in [0.5, 0.6) is 0 Å². The first-order valence-corrected chi connectivity index (χ1v) is 11.2. The zero-order chi connectivity index (χ0) is 18.1. The standard InChI is InChI=1S/C13H18N2O6P2S/c1-3-15-11(10-6-4-9(2)5-7-10)8-24-12(15)14-13(22(16,17)18)23(19,20)21/h4-8,13H,3H2,1-2H3,(H2,16,17,18)(H2,19,20,21). The maximum atomic E-state index is 11.4. The van der Waals surface area contributed by atoms with Crippen LogP contribution in [0.25, 0.3) is 11.3 Å². The van der Waals surface area contributed by atoms with Gasteiger partial charge in [0.05, 0.1) is 5.69 Å². The van der Waals surface area contributed by atoms with Crippen LogP contribution in [0.1, 0.15) is 12.5 Å². The van der Waals surface area contributed by atoms with Crippen molar-refractivity contribution in [2.75, 3.05) is 0 Å². The van der Waals surface area contributed by atoms with Crippen LogP contribution in [-0.4, -0.2) is 29.7 Å². The van der Waals surface area contributed by atoms with Crippen molar-refractivity contribution >= 4 is 26.5 Å². The highest BCUT2D eigenvalue weighted by atomic mass is 32.1. The fourth-order valence-corrected chi connectivity index (χ4v) is 5.38. The molecule has 0 fully saturated rings. The van der Waals surface area contributed by atoms with Gasteiger partial charge in [-0.05, 0) is 19.4 Å². The van der Waals surface area contributed by atoms with Gasteiger partial charge < -0.3 is 24.1 Å². The van der Waals surface area contributed by atoms with Crippen molar-refractivity contribution in [3.63, 3.8) is 0 Å². The molecule has 0 aliphatic carbocycles. The summed E-state index contributed by atoms with van der Waals surface area (Å²) in [4.78, 5) is 40.7. The van der Waals surface area contributed by atoms with Crippen LogP contribution in [0.2, 0.25) is 0 Å². The molecule has 1 aromatic heterocycles. The van der Waals surface area contributed by atoms with E-state index >= 15 is 0 Å². The molecule has 0 unspecified atom stereocenters. The molecule has 0 aliphatic heterocycles. The Bertz CT molecular complexity index is 855. The molecule has 0 saturated carbocycles. The van der Waals surface area contributed by atoms with E-state index in [1.54, 1.807) is 9.95 Å². The second-order valence-corrected chi connectivity index (χ2v) is 9.75. The third-order valence-corrected chi connectivity index (χ3v) is 7.41. The monoisotopic (exact) mass is 392 g/mol. The summed E-state index contributed by atoms with van der Waals surface area (Å²) in [5, 5.41) is 1.74. The Morgan fingerprint density at radius 2 is 1.67 bits per heavy atom. The number of hydrogen-bond donors (Lipinski definition) is 4. The van der Waals surface area contributed by atoms with E-state index in [1.165, 1.54) is 0 Å². The number of benzene rings is 1. The highest BCUT2D eigenvalue weighted by Gasteiger charge is 2.43. The molecule has 24 heavy (non-hydrogen) atoms. The molecule has 11 heteroatoms. The van der Waals surface area contributed by atoms with E-state index in [4.69, 9.17) is 0 Å². The van der Waals surface area contributed by atoms with E-state index in [0.717, 1.165) is 28.2 Å². The van der Waals surface area contributed by atoms with Gasteiger partial charge in [-0.25, -0.2) is 4.99 Å². The van der Waals surface area contributed by atoms with E-state index in [0.29, 0.717) is 6.54 Å². The Morgan fingerprint density at radius 1 is 1.12 bits per heavy atom. The molecular formula is C13H18N2O6P2S. The van der Waals surface area contributed by atoms with Crippen LogP contribution in [-0.2, 0) is 15.7 Å². The summed E-state index contributed by atoms with van der Waals surface area (Å²) in [5.74, 6) is 0. The minimum absolute atomic E-state index is 0.143. The largest absolute Gasteiger partial charge is 0.362 e. The average Bonchev–Trinajstić information content (AvgIpc) is 2.86. The second-order valence-electron chi connectivity index (χ2n) is 5.17. The van der Waals surface area contributed by atoms with Crippen LogP contribution >= 0.6 is 26.5 Å². The van der Waals surface area contributed by atoms with Gasteiger partial charge in [0.15, 0.2) is 4.80 Å². The molecule has 132 valence electrons. The number of hydrogen-bond acceptors (Lipinski definition) is 4. The highest BCUT2D eigenvalue weighted by Crippen LogP contribution is 2.60. The van der Waals surface area contributed by atoms with Crippen molar-refractivity contribution in [2.24, 2.45) is 4.99 Å². The summed E-state index contributed by atoms with van der Waals surface area (Å²) in [7, 11) is -10.2. The Morgan fingerprint density at radius 3 is 2.12 bits per heavy atom. The summed E-state index contributed by atoms with van der Waals surface area (Å²) in [6.07, 6.45) is 0. The second kappa shape index (κ2) is 7.06. The third kappa shape index (κ3) is 4.32. The molecule has 2 aromatic rings. The van der Waals surface area contributed by atoms with Crippen LogP contribution in [0, 0.1) is 6.92 Å². The Hall–Kier alpha value is -1.05. The molecule has 1 aromatic carbocycles. The number of thiazole rings is 1. The Labute approximate surface area is 142 Å². The van der Waals surface area contributed by atoms with Gasteiger partial charge in [0, 0.05) is 11.9 Å². The zero-order valence-corrected chi connectivity index (χ0v) is 15.6. The predicted molar refractivity (Wildman–Crippen MR) is 91.6 cm³/mol. The minimum atomic E-state index is -5.10. The molecule has 0 amide bonds. The van der Waals surface area contributed by atoms with Crippen molar-refractivity contribution in [3.8, 4) is 11.3 Å². The number of rotatable bonds is 5. The van der Waals surface area contributed by atoms with Crippen LogP contribution in [0.4, 0.5) is 0 Å². The first-order valence-electron chi connectivity index (χ1n) is 6.93. The minimum Gasteiger partial charge on any atom is -0.322 e. The smallest absolute Gasteiger partial charge is 0.322 e. The van der Waals surface area contributed by atoms with Crippen molar-refractivity contribution in [2.45, 2.75) is 25.9 Å². The molecule has 2 rings (SSSR count). The summed E-state index contributed by atoms with van der Waals surface area (Å²) < 4.78 is 24.5. The lowest BCUT2D eigenvalue weighted by atomic mass is 10.1. The first kappa shape index (κ1) is 19.3. The van der Waals surface area contributed by atoms with E-state index in [9.17, 15) is 28.7 Å². The molecule has 1 heterocycles. The van der Waals surface area contributed by atoms with Gasteiger partial charge in [-0.15, -0.1) is 11.3 Å². The van der Waals surface area contributed by atoms with Crippen LogP contribution < -0.4 is 4.80 Å². The molecule has 0 spiro atoms. The number of aryl methyl sites for hydroxylation is 1. The molecule has 0 atom stereocenters. The van der Waals surface area contributed by atoms with Crippen molar-refractivity contribution in [3.05, 3.63) is 40.0 Å². The predicted octanol–water partition coefficient (Wildman–Crippen LogP) is 2.08. The topological polar surface area (TPSA) is 132 Å². The number of aromatic nitrogens is 1. The molecule has 0 saturated heterocycles. The number of nitrogens with zero attached hydrogens (tertiary/aromatic N) is 2. The van der Waals surface area contributed by atoms with Gasteiger partial charge in [0.25, 0.3) is 5.52 Å². The van der Waals surface area contributed by atoms with E-state index in [2.05, 4.69) is 4.99 Å². The van der Waals surface area contributed by atoms with Crippen molar-refractivity contribution < 1.29 is 28.7 Å². The first-order chi connectivity index (χ1) is 11.0. The highest BCUT2D eigenvalue weighted by molar-refractivity contribution is 7.70. The van der Waals surface area contributed by atoms with Gasteiger partial charge in [-0.2, -0.15) is 0 Å². The third-order valence-electron chi connectivity index (χ3n) is 3.29. The summed E-state index contributed by atoms with van der Waals surface area (Å²) in [6.45, 7) is 4.20. The molecule has 4 N–H and O–H groups in total. The lowest BCUT2D eigenvalue weighted by molar-refractivity contribution is 0.339. The summed E-state index contributed by atoms with van der Waals surface area (Å²) in [6, 6.07) is 7.66. The quantitative estimate of drug-likeness (QED) is 0.576. The van der Waals surface area contributed by atoms with Gasteiger partial charge in [0.2, 0.25) is 0 Å². The van der Waals surface area contributed by atoms with Crippen molar-refractivity contribution in [1.82, 2.24) is 4.57 Å². The Kier molecular flexibility index (Phi) is 5.67. The van der Waals surface area contributed by atoms with E-state index < -0.39 is 20.7 Å². The van der Waals surface area contributed by atoms with Gasteiger partial charge in [-0.1, -0.05) is 29.8 Å². The molecular weight excluding hydrogens is 374 g/mol. The summed E-state index contributed by atoms with van der Waals surface area (Å²) in [5.41, 5.74) is 0.331. The zero-order valence-electron chi connectivity index (χ0n) is 13.0. The van der Waals surface area contributed by atoms with E-state index in [-0.39, 0.29) is 4.80 Å². The molecule has 8 nitrogen and oxygen atoms in total. The van der Waals surface area contributed by atoms with Gasteiger partial charge >= 0.3 is 15.2 Å². The van der Waals surface area contributed by atoms with Crippen LogP contribution in [0.15, 0.2) is 34.6 Å². The fraction of sp³-hybridized carbons (Fsp3) is 0.308. The van der Waals surface area contributed by atoms with Crippen LogP contribution in [0.3, 0.4) is 0 Å². The molecule has 0 aliphatic rings. The van der Waals surface area contributed by atoms with Gasteiger partial charge in [0.1, 0.15) is 0 Å². The Balaban J connectivity index is 2.62. The SMILES string of the molecule is CCn1c(-c2ccc(C)cc2)csc1=NC(P(=O)(O)O)P(=O)(O)O. The summed E-state index contributed by atoms with van der Waals surface area (Å²) >= 11 is 1.07. The van der Waals surface area contributed by atoms with Crippen molar-refractivity contribution in [1.29, 1.82) is 0 Å². The average molecular weight is 392 g/mol. The lowest BCUT2D eigenvalue weighted by Gasteiger charge is -2.15.